The summed E-state index contributed by atoms with van der Waals surface area (Å²) >= 11 is 1.54. The van der Waals surface area contributed by atoms with E-state index in [1.807, 2.05) is 35.7 Å². The van der Waals surface area contributed by atoms with E-state index in [0.717, 1.165) is 53.0 Å². The molecule has 0 N–H and O–H groups in total. The van der Waals surface area contributed by atoms with Crippen LogP contribution in [0.5, 0.6) is 0 Å². The normalized spacial score (nSPS) is 16.4. The second-order valence-electron chi connectivity index (χ2n) is 5.93. The average Bonchev–Trinajstić information content (AvgIpc) is 3.07. The molecule has 3 rings (SSSR count). The molecule has 0 atom stereocenters. The molecule has 21 heavy (non-hydrogen) atoms. The van der Waals surface area contributed by atoms with Crippen molar-refractivity contribution in [3.63, 3.8) is 0 Å². The van der Waals surface area contributed by atoms with Crippen LogP contribution in [0.3, 0.4) is 0 Å². The van der Waals surface area contributed by atoms with Gasteiger partial charge in [-0.05, 0) is 43.9 Å². The van der Waals surface area contributed by atoms with Gasteiger partial charge in [-0.3, -0.25) is 9.48 Å². The topological polar surface area (TPSA) is 38.1 Å². The molecule has 0 aromatic carbocycles. The maximum atomic E-state index is 12.5. The van der Waals surface area contributed by atoms with Crippen LogP contribution in [-0.2, 0) is 7.05 Å². The maximum absolute atomic E-state index is 12.5. The maximum Gasteiger partial charge on any atom is 0.263 e. The number of aryl methyl sites for hydroxylation is 2. The van der Waals surface area contributed by atoms with E-state index in [-0.39, 0.29) is 5.91 Å². The molecule has 1 amide bonds. The lowest BCUT2D eigenvalue weighted by atomic mass is 9.99. The van der Waals surface area contributed by atoms with E-state index in [4.69, 9.17) is 0 Å². The number of hydrogen-bond acceptors (Lipinski definition) is 3. The van der Waals surface area contributed by atoms with Crippen LogP contribution in [0.25, 0.3) is 10.6 Å². The summed E-state index contributed by atoms with van der Waals surface area (Å²) in [7, 11) is 1.94. The minimum Gasteiger partial charge on any atom is -0.338 e. The van der Waals surface area contributed by atoms with Gasteiger partial charge in [0.25, 0.3) is 5.91 Å². The van der Waals surface area contributed by atoms with E-state index in [2.05, 4.69) is 18.1 Å². The van der Waals surface area contributed by atoms with Crippen molar-refractivity contribution in [2.45, 2.75) is 26.7 Å². The molecule has 1 fully saturated rings. The number of likely N-dealkylation sites (tertiary alicyclic amines) is 1. The van der Waals surface area contributed by atoms with Crippen molar-refractivity contribution in [2.24, 2.45) is 13.0 Å². The Hall–Kier alpha value is -1.62. The number of nitrogens with zero attached hydrogens (tertiary/aromatic N) is 3. The molecule has 0 aliphatic carbocycles. The molecule has 0 radical (unpaired) electrons. The molecule has 0 unspecified atom stereocenters. The van der Waals surface area contributed by atoms with E-state index in [1.54, 1.807) is 11.3 Å². The van der Waals surface area contributed by atoms with Crippen LogP contribution in [-0.4, -0.2) is 33.7 Å². The number of rotatable bonds is 2. The molecular weight excluding hydrogens is 282 g/mol. The minimum atomic E-state index is 0.172. The molecule has 2 aromatic heterocycles. The Kier molecular flexibility index (Phi) is 3.85. The fourth-order valence-corrected chi connectivity index (χ4v) is 3.57. The number of carbonyl (C=O) groups is 1. The molecule has 0 spiro atoms. The molecule has 0 bridgehead atoms. The molecule has 1 saturated heterocycles. The third-order valence-electron chi connectivity index (χ3n) is 4.25. The van der Waals surface area contributed by atoms with Gasteiger partial charge in [-0.15, -0.1) is 11.3 Å². The van der Waals surface area contributed by atoms with Crippen LogP contribution < -0.4 is 0 Å². The number of carbonyl (C=O) groups excluding carboxylic acids is 1. The van der Waals surface area contributed by atoms with E-state index < -0.39 is 0 Å². The van der Waals surface area contributed by atoms with Crippen LogP contribution in [0.4, 0.5) is 0 Å². The van der Waals surface area contributed by atoms with E-state index >= 15 is 0 Å². The highest BCUT2D eigenvalue weighted by Gasteiger charge is 2.23. The Morgan fingerprint density at radius 3 is 2.67 bits per heavy atom. The first-order chi connectivity index (χ1) is 10.0. The molecule has 2 aromatic rings. The van der Waals surface area contributed by atoms with Gasteiger partial charge < -0.3 is 4.90 Å². The Morgan fingerprint density at radius 2 is 2.05 bits per heavy atom. The molecule has 5 heteroatoms. The summed E-state index contributed by atoms with van der Waals surface area (Å²) in [4.78, 5) is 16.4. The third kappa shape index (κ3) is 2.88. The predicted octanol–water partition coefficient (Wildman–Crippen LogP) is 3.33. The lowest BCUT2D eigenvalue weighted by Crippen LogP contribution is -2.37. The summed E-state index contributed by atoms with van der Waals surface area (Å²) in [5.74, 6) is 0.912. The number of hydrogen-bond donors (Lipinski definition) is 0. The second-order valence-corrected chi connectivity index (χ2v) is 7.02. The zero-order valence-electron chi connectivity index (χ0n) is 12.8. The van der Waals surface area contributed by atoms with E-state index in [0.29, 0.717) is 0 Å². The summed E-state index contributed by atoms with van der Waals surface area (Å²) in [6.45, 7) is 6.06. The monoisotopic (exact) mass is 303 g/mol. The van der Waals surface area contributed by atoms with Gasteiger partial charge in [-0.25, -0.2) is 0 Å². The van der Waals surface area contributed by atoms with Crippen LogP contribution in [0.1, 0.15) is 35.1 Å². The summed E-state index contributed by atoms with van der Waals surface area (Å²) in [6, 6.07) is 6.00. The molecule has 3 heterocycles. The number of piperidine rings is 1. The SMILES string of the molecule is Cc1cc(-c2ccc(C(=O)N3CCC(C)CC3)s2)nn1C. The number of aromatic nitrogens is 2. The van der Waals surface area contributed by atoms with Gasteiger partial charge in [0.1, 0.15) is 5.69 Å². The number of thiophene rings is 1. The summed E-state index contributed by atoms with van der Waals surface area (Å²) in [5, 5.41) is 4.48. The second kappa shape index (κ2) is 5.64. The molecule has 4 nitrogen and oxygen atoms in total. The zero-order valence-corrected chi connectivity index (χ0v) is 13.6. The molecule has 112 valence electrons. The first-order valence-electron chi connectivity index (χ1n) is 7.44. The number of amides is 1. The van der Waals surface area contributed by atoms with Gasteiger partial charge in [-0.1, -0.05) is 6.92 Å². The van der Waals surface area contributed by atoms with Crippen molar-refractivity contribution >= 4 is 17.2 Å². The van der Waals surface area contributed by atoms with E-state index in [1.165, 1.54) is 0 Å². The predicted molar refractivity (Wildman–Crippen MR) is 85.6 cm³/mol. The third-order valence-corrected chi connectivity index (χ3v) is 5.35. The van der Waals surface area contributed by atoms with Crippen LogP contribution >= 0.6 is 11.3 Å². The minimum absolute atomic E-state index is 0.172. The lowest BCUT2D eigenvalue weighted by molar-refractivity contribution is 0.0702. The van der Waals surface area contributed by atoms with Crippen molar-refractivity contribution in [1.29, 1.82) is 0 Å². The Bertz CT molecular complexity index is 631. The van der Waals surface area contributed by atoms with Crippen LogP contribution in [0, 0.1) is 12.8 Å². The fourth-order valence-electron chi connectivity index (χ4n) is 2.64. The van der Waals surface area contributed by atoms with Crippen molar-refractivity contribution in [3.8, 4) is 10.6 Å². The van der Waals surface area contributed by atoms with Crippen molar-refractivity contribution < 1.29 is 4.79 Å². The van der Waals surface area contributed by atoms with Gasteiger partial charge in [0.05, 0.1) is 9.75 Å². The molecule has 1 aliphatic rings. The molecule has 0 saturated carbocycles. The van der Waals surface area contributed by atoms with Gasteiger partial charge in [0, 0.05) is 25.8 Å². The highest BCUT2D eigenvalue weighted by atomic mass is 32.1. The largest absolute Gasteiger partial charge is 0.338 e. The summed E-state index contributed by atoms with van der Waals surface area (Å²) in [6.07, 6.45) is 2.23. The van der Waals surface area contributed by atoms with Gasteiger partial charge >= 0.3 is 0 Å². The molecule has 1 aliphatic heterocycles. The van der Waals surface area contributed by atoms with Crippen molar-refractivity contribution in [1.82, 2.24) is 14.7 Å². The zero-order chi connectivity index (χ0) is 15.0. The quantitative estimate of drug-likeness (QED) is 0.853. The highest BCUT2D eigenvalue weighted by molar-refractivity contribution is 7.17. The summed E-state index contributed by atoms with van der Waals surface area (Å²) < 4.78 is 1.86. The highest BCUT2D eigenvalue weighted by Crippen LogP contribution is 2.29. The smallest absolute Gasteiger partial charge is 0.263 e. The first-order valence-corrected chi connectivity index (χ1v) is 8.26. The lowest BCUT2D eigenvalue weighted by Gasteiger charge is -2.29. The van der Waals surface area contributed by atoms with Gasteiger partial charge in [-0.2, -0.15) is 5.10 Å². The van der Waals surface area contributed by atoms with Crippen molar-refractivity contribution in [2.75, 3.05) is 13.1 Å². The average molecular weight is 303 g/mol. The van der Waals surface area contributed by atoms with Crippen LogP contribution in [0.2, 0.25) is 0 Å². The Balaban J connectivity index is 1.77. The molecular formula is C16H21N3OS. The van der Waals surface area contributed by atoms with Gasteiger partial charge in [0.2, 0.25) is 0 Å². The fraction of sp³-hybridized carbons (Fsp3) is 0.500. The van der Waals surface area contributed by atoms with E-state index in [9.17, 15) is 4.79 Å². The Morgan fingerprint density at radius 1 is 1.33 bits per heavy atom. The Labute approximate surface area is 129 Å². The summed E-state index contributed by atoms with van der Waals surface area (Å²) in [5.41, 5.74) is 2.07. The van der Waals surface area contributed by atoms with Crippen LogP contribution in [0.15, 0.2) is 18.2 Å². The van der Waals surface area contributed by atoms with Gasteiger partial charge in [0.15, 0.2) is 0 Å². The standard InChI is InChI=1S/C16H21N3OS/c1-11-6-8-19(9-7-11)16(20)15-5-4-14(21-15)13-10-12(2)18(3)17-13/h4-5,10-11H,6-9H2,1-3H3. The first kappa shape index (κ1) is 14.3. The van der Waals surface area contributed by atoms with Crippen molar-refractivity contribution in [3.05, 3.63) is 28.8 Å².